The maximum atomic E-state index is 10.8. The highest BCUT2D eigenvalue weighted by Crippen LogP contribution is 2.28. The van der Waals surface area contributed by atoms with Crippen LogP contribution in [0.3, 0.4) is 0 Å². The van der Waals surface area contributed by atoms with Crippen molar-refractivity contribution in [3.05, 3.63) is 28.3 Å². The normalized spacial score (nSPS) is 10.4. The van der Waals surface area contributed by atoms with Gasteiger partial charge < -0.3 is 9.53 Å². The molecule has 0 radical (unpaired) electrons. The minimum absolute atomic E-state index is 0.249. The number of benzene rings is 1. The van der Waals surface area contributed by atoms with Crippen molar-refractivity contribution >= 4 is 17.4 Å². The van der Waals surface area contributed by atoms with E-state index in [0.29, 0.717) is 6.42 Å². The topological polar surface area (TPSA) is 26.3 Å². The number of carbonyl (C=O) groups excluding carboxylic acids is 1. The van der Waals surface area contributed by atoms with E-state index in [4.69, 9.17) is 16.3 Å². The minimum atomic E-state index is 0.249. The van der Waals surface area contributed by atoms with Gasteiger partial charge in [0.2, 0.25) is 0 Å². The molecule has 0 spiro atoms. The van der Waals surface area contributed by atoms with Crippen LogP contribution in [0, 0.1) is 6.92 Å². The Kier molecular flexibility index (Phi) is 5.49. The Labute approximate surface area is 108 Å². The number of ether oxygens (including phenoxy) is 1. The van der Waals surface area contributed by atoms with Crippen molar-refractivity contribution in [2.24, 2.45) is 0 Å². The van der Waals surface area contributed by atoms with Crippen LogP contribution in [0.25, 0.3) is 0 Å². The molecule has 0 N–H and O–H groups in total. The van der Waals surface area contributed by atoms with E-state index in [9.17, 15) is 4.79 Å². The molecule has 3 heteroatoms. The van der Waals surface area contributed by atoms with Crippen molar-refractivity contribution in [2.45, 2.75) is 39.5 Å². The van der Waals surface area contributed by atoms with Crippen LogP contribution < -0.4 is 4.74 Å². The van der Waals surface area contributed by atoms with Crippen LogP contribution >= 0.6 is 11.6 Å². The van der Waals surface area contributed by atoms with Crippen molar-refractivity contribution in [3.63, 3.8) is 0 Å². The summed E-state index contributed by atoms with van der Waals surface area (Å²) in [5.74, 6) is 1.16. The van der Waals surface area contributed by atoms with E-state index >= 15 is 0 Å². The molecule has 0 atom stereocenters. The summed E-state index contributed by atoms with van der Waals surface area (Å²) in [6.45, 7) is 3.62. The van der Waals surface area contributed by atoms with Crippen molar-refractivity contribution in [1.29, 1.82) is 0 Å². The first kappa shape index (κ1) is 14.0. The zero-order valence-electron chi connectivity index (χ0n) is 10.7. The Morgan fingerprint density at radius 2 is 2.06 bits per heavy atom. The third kappa shape index (κ3) is 4.39. The number of hydrogen-bond donors (Lipinski definition) is 0. The smallest absolute Gasteiger partial charge is 0.129 e. The van der Waals surface area contributed by atoms with Gasteiger partial charge >= 0.3 is 0 Å². The van der Waals surface area contributed by atoms with E-state index < -0.39 is 0 Å². The van der Waals surface area contributed by atoms with Crippen molar-refractivity contribution in [2.75, 3.05) is 7.11 Å². The van der Waals surface area contributed by atoms with Crippen LogP contribution in [-0.4, -0.2) is 12.9 Å². The number of methoxy groups -OCH3 is 1. The standard InChI is InChI=1S/C14H19ClO2/c1-10-8-13(15)9-12(14(10)17-3)7-5-4-6-11(2)16/h8-9H,4-7H2,1-3H3. The fourth-order valence-electron chi connectivity index (χ4n) is 1.97. The number of Topliss-reactive ketones (excluding diaryl/α,β-unsaturated/α-hetero) is 1. The monoisotopic (exact) mass is 254 g/mol. The summed E-state index contributed by atoms with van der Waals surface area (Å²) in [6.07, 6.45) is 3.46. The number of ketones is 1. The molecule has 0 aliphatic carbocycles. The second kappa shape index (κ2) is 6.65. The van der Waals surface area contributed by atoms with E-state index in [0.717, 1.165) is 41.2 Å². The highest BCUT2D eigenvalue weighted by Gasteiger charge is 2.08. The first-order valence-corrected chi connectivity index (χ1v) is 6.25. The zero-order valence-corrected chi connectivity index (χ0v) is 11.4. The lowest BCUT2D eigenvalue weighted by Crippen LogP contribution is -1.97. The molecule has 0 aliphatic rings. The number of hydrogen-bond acceptors (Lipinski definition) is 2. The van der Waals surface area contributed by atoms with E-state index in [2.05, 4.69) is 0 Å². The molecule has 0 heterocycles. The van der Waals surface area contributed by atoms with Gasteiger partial charge in [-0.1, -0.05) is 11.6 Å². The molecule has 0 saturated carbocycles. The van der Waals surface area contributed by atoms with Gasteiger partial charge in [-0.25, -0.2) is 0 Å². The largest absolute Gasteiger partial charge is 0.496 e. The molecule has 0 bridgehead atoms. The lowest BCUT2D eigenvalue weighted by molar-refractivity contribution is -0.117. The van der Waals surface area contributed by atoms with Gasteiger partial charge in [-0.15, -0.1) is 0 Å². The zero-order chi connectivity index (χ0) is 12.8. The van der Waals surface area contributed by atoms with Crippen LogP contribution in [0.1, 0.15) is 37.3 Å². The lowest BCUT2D eigenvalue weighted by Gasteiger charge is -2.12. The van der Waals surface area contributed by atoms with Gasteiger partial charge in [-0.3, -0.25) is 0 Å². The fraction of sp³-hybridized carbons (Fsp3) is 0.500. The minimum Gasteiger partial charge on any atom is -0.496 e. The summed E-state index contributed by atoms with van der Waals surface area (Å²) in [7, 11) is 1.68. The Bertz CT molecular complexity index is 399. The molecule has 1 aromatic rings. The fourth-order valence-corrected chi connectivity index (χ4v) is 2.26. The number of carbonyl (C=O) groups is 1. The van der Waals surface area contributed by atoms with E-state index in [1.54, 1.807) is 14.0 Å². The summed E-state index contributed by atoms with van der Waals surface area (Å²) >= 11 is 6.03. The SMILES string of the molecule is COc1c(C)cc(Cl)cc1CCCCC(C)=O. The van der Waals surface area contributed by atoms with Crippen molar-refractivity contribution in [1.82, 2.24) is 0 Å². The van der Waals surface area contributed by atoms with Gasteiger partial charge in [0.05, 0.1) is 7.11 Å². The summed E-state index contributed by atoms with van der Waals surface area (Å²) in [6, 6.07) is 3.85. The van der Waals surface area contributed by atoms with Gasteiger partial charge in [-0.2, -0.15) is 0 Å². The maximum Gasteiger partial charge on any atom is 0.129 e. The molecule has 0 fully saturated rings. The van der Waals surface area contributed by atoms with Gasteiger partial charge in [-0.05, 0) is 56.4 Å². The van der Waals surface area contributed by atoms with E-state index in [-0.39, 0.29) is 5.78 Å². The third-order valence-electron chi connectivity index (χ3n) is 2.75. The molecule has 0 unspecified atom stereocenters. The molecule has 17 heavy (non-hydrogen) atoms. The second-order valence-corrected chi connectivity index (χ2v) is 4.76. The van der Waals surface area contributed by atoms with Crippen LogP contribution in [0.2, 0.25) is 5.02 Å². The first-order valence-electron chi connectivity index (χ1n) is 5.87. The van der Waals surface area contributed by atoms with Crippen LogP contribution in [0.5, 0.6) is 5.75 Å². The number of rotatable bonds is 6. The highest BCUT2D eigenvalue weighted by molar-refractivity contribution is 6.30. The van der Waals surface area contributed by atoms with Gasteiger partial charge in [0.25, 0.3) is 0 Å². The van der Waals surface area contributed by atoms with Gasteiger partial charge in [0.1, 0.15) is 11.5 Å². The quantitative estimate of drug-likeness (QED) is 0.719. The number of halogens is 1. The average Bonchev–Trinajstić information content (AvgIpc) is 2.23. The Morgan fingerprint density at radius 3 is 2.65 bits per heavy atom. The molecule has 94 valence electrons. The molecule has 0 saturated heterocycles. The molecule has 0 amide bonds. The molecule has 0 aromatic heterocycles. The Hall–Kier alpha value is -1.02. The third-order valence-corrected chi connectivity index (χ3v) is 2.96. The van der Waals surface area contributed by atoms with Crippen molar-refractivity contribution in [3.8, 4) is 5.75 Å². The summed E-state index contributed by atoms with van der Waals surface area (Å²) < 4.78 is 5.38. The van der Waals surface area contributed by atoms with Crippen LogP contribution in [-0.2, 0) is 11.2 Å². The van der Waals surface area contributed by atoms with Crippen LogP contribution in [0.4, 0.5) is 0 Å². The average molecular weight is 255 g/mol. The number of aryl methyl sites for hydroxylation is 2. The predicted octanol–water partition coefficient (Wildman–Crippen LogP) is 3.96. The highest BCUT2D eigenvalue weighted by atomic mass is 35.5. The molecule has 0 aliphatic heterocycles. The predicted molar refractivity (Wildman–Crippen MR) is 71.0 cm³/mol. The van der Waals surface area contributed by atoms with E-state index in [1.165, 1.54) is 0 Å². The Morgan fingerprint density at radius 1 is 1.35 bits per heavy atom. The Balaban J connectivity index is 2.66. The van der Waals surface area contributed by atoms with Crippen LogP contribution in [0.15, 0.2) is 12.1 Å². The van der Waals surface area contributed by atoms with Crippen molar-refractivity contribution < 1.29 is 9.53 Å². The number of unbranched alkanes of at least 4 members (excludes halogenated alkanes) is 1. The molecular formula is C14H19ClO2. The second-order valence-electron chi connectivity index (χ2n) is 4.32. The molecule has 1 aromatic carbocycles. The summed E-state index contributed by atoms with van der Waals surface area (Å²) in [4.78, 5) is 10.8. The lowest BCUT2D eigenvalue weighted by atomic mass is 10.0. The maximum absolute atomic E-state index is 10.8. The summed E-state index contributed by atoms with van der Waals surface area (Å²) in [5.41, 5.74) is 2.18. The summed E-state index contributed by atoms with van der Waals surface area (Å²) in [5, 5.41) is 0.741. The van der Waals surface area contributed by atoms with Gasteiger partial charge in [0, 0.05) is 11.4 Å². The molecule has 1 rings (SSSR count). The molecule has 2 nitrogen and oxygen atoms in total. The van der Waals surface area contributed by atoms with E-state index in [1.807, 2.05) is 19.1 Å². The van der Waals surface area contributed by atoms with Gasteiger partial charge in [0.15, 0.2) is 0 Å². The first-order chi connectivity index (χ1) is 8.04. The molecular weight excluding hydrogens is 236 g/mol.